The zero-order chi connectivity index (χ0) is 18.9. The van der Waals surface area contributed by atoms with Gasteiger partial charge in [0.25, 0.3) is 11.8 Å². The van der Waals surface area contributed by atoms with Crippen LogP contribution in [-0.4, -0.2) is 25.0 Å². The zero-order valence-electron chi connectivity index (χ0n) is 14.9. The molecule has 0 atom stereocenters. The van der Waals surface area contributed by atoms with E-state index in [4.69, 9.17) is 9.47 Å². The fourth-order valence-corrected chi connectivity index (χ4v) is 2.20. The summed E-state index contributed by atoms with van der Waals surface area (Å²) in [5, 5.41) is 0. The van der Waals surface area contributed by atoms with E-state index < -0.39 is 11.8 Å². The van der Waals surface area contributed by atoms with Gasteiger partial charge in [0.15, 0.2) is 6.61 Å². The Kier molecular flexibility index (Phi) is 6.79. The second-order valence-corrected chi connectivity index (χ2v) is 5.68. The highest BCUT2D eigenvalue weighted by atomic mass is 16.5. The van der Waals surface area contributed by atoms with Crippen molar-refractivity contribution in [1.29, 1.82) is 0 Å². The Morgan fingerprint density at radius 2 is 1.77 bits per heavy atom. The minimum atomic E-state index is -0.454. The number of carbonyl (C=O) groups excluding carboxylic acids is 2. The van der Waals surface area contributed by atoms with Crippen molar-refractivity contribution in [2.75, 3.05) is 13.2 Å². The number of aryl methyl sites for hydroxylation is 2. The Balaban J connectivity index is 1.79. The lowest BCUT2D eigenvalue weighted by Crippen LogP contribution is -2.43. The van der Waals surface area contributed by atoms with Crippen molar-refractivity contribution in [1.82, 2.24) is 10.9 Å². The van der Waals surface area contributed by atoms with Gasteiger partial charge in [0.1, 0.15) is 18.1 Å². The lowest BCUT2D eigenvalue weighted by molar-refractivity contribution is -0.123. The van der Waals surface area contributed by atoms with E-state index in [2.05, 4.69) is 17.4 Å². The van der Waals surface area contributed by atoms with Gasteiger partial charge in [-0.15, -0.1) is 0 Å². The first-order valence-corrected chi connectivity index (χ1v) is 8.12. The largest absolute Gasteiger partial charge is 0.490 e. The highest BCUT2D eigenvalue weighted by Crippen LogP contribution is 2.18. The number of carbonyl (C=O) groups is 2. The quantitative estimate of drug-likeness (QED) is 0.592. The van der Waals surface area contributed by atoms with Crippen molar-refractivity contribution in [2.24, 2.45) is 0 Å². The number of amides is 2. The van der Waals surface area contributed by atoms with Gasteiger partial charge in [-0.2, -0.15) is 0 Å². The molecule has 0 heterocycles. The van der Waals surface area contributed by atoms with Gasteiger partial charge in [0.05, 0.1) is 0 Å². The van der Waals surface area contributed by atoms with Crippen LogP contribution in [0.5, 0.6) is 11.5 Å². The van der Waals surface area contributed by atoms with Crippen LogP contribution in [-0.2, 0) is 4.79 Å². The molecule has 0 saturated heterocycles. The van der Waals surface area contributed by atoms with Gasteiger partial charge in [-0.05, 0) is 49.7 Å². The standard InChI is InChI=1S/C20H22N2O4/c1-4-11-25-17-8-6-16(7-9-17)20(24)22-21-19(23)13-26-18-10-5-14(2)12-15(18)3/h4-10,12H,1,11,13H2,2-3H3,(H,21,23)(H,22,24). The fraction of sp³-hybridized carbons (Fsp3) is 0.200. The molecule has 0 aliphatic rings. The maximum Gasteiger partial charge on any atom is 0.276 e. The lowest BCUT2D eigenvalue weighted by atomic mass is 10.1. The third-order valence-electron chi connectivity index (χ3n) is 3.49. The molecule has 0 bridgehead atoms. The molecule has 2 aromatic rings. The van der Waals surface area contributed by atoms with E-state index in [0.29, 0.717) is 23.7 Å². The average molecular weight is 354 g/mol. The highest BCUT2D eigenvalue weighted by Gasteiger charge is 2.09. The molecule has 0 aliphatic heterocycles. The topological polar surface area (TPSA) is 76.7 Å². The molecule has 0 fully saturated rings. The number of nitrogens with one attached hydrogen (secondary N) is 2. The molecule has 6 heteroatoms. The van der Waals surface area contributed by atoms with Crippen molar-refractivity contribution in [3.05, 3.63) is 71.8 Å². The van der Waals surface area contributed by atoms with Crippen molar-refractivity contribution < 1.29 is 19.1 Å². The summed E-state index contributed by atoms with van der Waals surface area (Å²) in [4.78, 5) is 23.8. The number of rotatable bonds is 7. The third kappa shape index (κ3) is 5.66. The highest BCUT2D eigenvalue weighted by molar-refractivity contribution is 5.95. The van der Waals surface area contributed by atoms with E-state index in [0.717, 1.165) is 11.1 Å². The first kappa shape index (κ1) is 19.1. The van der Waals surface area contributed by atoms with Gasteiger partial charge in [-0.3, -0.25) is 20.4 Å². The Morgan fingerprint density at radius 1 is 1.04 bits per heavy atom. The summed E-state index contributed by atoms with van der Waals surface area (Å²) in [5.74, 6) is 0.379. The number of hydrogen-bond donors (Lipinski definition) is 2. The summed E-state index contributed by atoms with van der Waals surface area (Å²) in [5.41, 5.74) is 7.13. The minimum Gasteiger partial charge on any atom is -0.490 e. The first-order valence-electron chi connectivity index (χ1n) is 8.12. The second kappa shape index (κ2) is 9.27. The normalized spacial score (nSPS) is 9.92. The molecule has 26 heavy (non-hydrogen) atoms. The predicted molar refractivity (Wildman–Crippen MR) is 99.2 cm³/mol. The molecule has 0 aliphatic carbocycles. The lowest BCUT2D eigenvalue weighted by Gasteiger charge is -2.11. The Hall–Kier alpha value is -3.28. The van der Waals surface area contributed by atoms with Gasteiger partial charge in [-0.1, -0.05) is 30.4 Å². The Morgan fingerprint density at radius 3 is 2.42 bits per heavy atom. The smallest absolute Gasteiger partial charge is 0.276 e. The van der Waals surface area contributed by atoms with Crippen LogP contribution in [0.4, 0.5) is 0 Å². The summed E-state index contributed by atoms with van der Waals surface area (Å²) in [6.45, 7) is 7.65. The third-order valence-corrected chi connectivity index (χ3v) is 3.49. The van der Waals surface area contributed by atoms with E-state index in [9.17, 15) is 9.59 Å². The number of hydrogen-bond acceptors (Lipinski definition) is 4. The van der Waals surface area contributed by atoms with Crippen molar-refractivity contribution in [2.45, 2.75) is 13.8 Å². The molecular weight excluding hydrogens is 332 g/mol. The van der Waals surface area contributed by atoms with E-state index in [1.807, 2.05) is 32.0 Å². The van der Waals surface area contributed by atoms with Crippen LogP contribution in [0, 0.1) is 13.8 Å². The summed E-state index contributed by atoms with van der Waals surface area (Å²) in [6, 6.07) is 12.2. The molecule has 0 saturated carbocycles. The van der Waals surface area contributed by atoms with E-state index >= 15 is 0 Å². The second-order valence-electron chi connectivity index (χ2n) is 5.68. The van der Waals surface area contributed by atoms with Crippen molar-refractivity contribution >= 4 is 11.8 Å². The van der Waals surface area contributed by atoms with Crippen LogP contribution in [0.25, 0.3) is 0 Å². The first-order chi connectivity index (χ1) is 12.5. The zero-order valence-corrected chi connectivity index (χ0v) is 14.9. The summed E-state index contributed by atoms with van der Waals surface area (Å²) in [6.07, 6.45) is 1.64. The molecule has 0 aromatic heterocycles. The van der Waals surface area contributed by atoms with Crippen LogP contribution in [0.1, 0.15) is 21.5 Å². The van der Waals surface area contributed by atoms with E-state index in [1.165, 1.54) is 0 Å². The van der Waals surface area contributed by atoms with Gasteiger partial charge >= 0.3 is 0 Å². The molecule has 0 unspecified atom stereocenters. The van der Waals surface area contributed by atoms with E-state index in [1.54, 1.807) is 30.3 Å². The molecule has 6 nitrogen and oxygen atoms in total. The Labute approximate surface area is 152 Å². The molecule has 2 N–H and O–H groups in total. The minimum absolute atomic E-state index is 0.196. The Bertz CT molecular complexity index is 785. The van der Waals surface area contributed by atoms with Crippen LogP contribution >= 0.6 is 0 Å². The van der Waals surface area contributed by atoms with E-state index in [-0.39, 0.29) is 6.61 Å². The molecule has 2 amide bonds. The molecule has 2 aromatic carbocycles. The SMILES string of the molecule is C=CCOc1ccc(C(=O)NNC(=O)COc2ccc(C)cc2C)cc1. The fourth-order valence-electron chi connectivity index (χ4n) is 2.20. The van der Waals surface area contributed by atoms with Crippen LogP contribution in [0.3, 0.4) is 0 Å². The summed E-state index contributed by atoms with van der Waals surface area (Å²) < 4.78 is 10.8. The van der Waals surface area contributed by atoms with Gasteiger partial charge < -0.3 is 9.47 Å². The number of ether oxygens (including phenoxy) is 2. The number of benzene rings is 2. The van der Waals surface area contributed by atoms with Crippen molar-refractivity contribution in [3.8, 4) is 11.5 Å². The molecular formula is C20H22N2O4. The maximum atomic E-state index is 12.0. The van der Waals surface area contributed by atoms with Crippen LogP contribution in [0.2, 0.25) is 0 Å². The molecule has 0 radical (unpaired) electrons. The van der Waals surface area contributed by atoms with Gasteiger partial charge in [0, 0.05) is 5.56 Å². The summed E-state index contributed by atoms with van der Waals surface area (Å²) in [7, 11) is 0. The van der Waals surface area contributed by atoms with Crippen LogP contribution in [0.15, 0.2) is 55.1 Å². The number of hydrazine groups is 1. The van der Waals surface area contributed by atoms with Crippen LogP contribution < -0.4 is 20.3 Å². The monoisotopic (exact) mass is 354 g/mol. The molecule has 0 spiro atoms. The molecule has 2 rings (SSSR count). The summed E-state index contributed by atoms with van der Waals surface area (Å²) >= 11 is 0. The van der Waals surface area contributed by atoms with Gasteiger partial charge in [0.2, 0.25) is 0 Å². The predicted octanol–water partition coefficient (Wildman–Crippen LogP) is 2.71. The van der Waals surface area contributed by atoms with Gasteiger partial charge in [-0.25, -0.2) is 0 Å². The maximum absolute atomic E-state index is 12.0. The van der Waals surface area contributed by atoms with Crippen molar-refractivity contribution in [3.63, 3.8) is 0 Å². The average Bonchev–Trinajstić information content (AvgIpc) is 2.64. The molecule has 136 valence electrons.